The van der Waals surface area contributed by atoms with Crippen molar-refractivity contribution in [2.24, 2.45) is 0 Å². The van der Waals surface area contributed by atoms with Gasteiger partial charge in [0, 0.05) is 54.8 Å². The van der Waals surface area contributed by atoms with Crippen LogP contribution in [0.25, 0.3) is 122 Å². The molecule has 14 rings (SSSR count). The van der Waals surface area contributed by atoms with Gasteiger partial charge in [-0.05, 0) is 119 Å². The third kappa shape index (κ3) is 5.44. The molecule has 0 spiro atoms. The topological polar surface area (TPSA) is 27.9 Å². The highest BCUT2D eigenvalue weighted by atomic mass is 16.3. The molecule has 0 saturated carbocycles. The van der Waals surface area contributed by atoms with Gasteiger partial charge in [-0.25, -0.2) is 0 Å². The Balaban J connectivity index is 0.914. The summed E-state index contributed by atoms with van der Waals surface area (Å²) in [5.74, 6) is 0. The first-order chi connectivity index (χ1) is 32.2. The van der Waals surface area contributed by atoms with E-state index < -0.39 is 0 Å². The molecule has 0 N–H and O–H groups in total. The first-order valence-corrected chi connectivity index (χ1v) is 22.4. The maximum Gasteiger partial charge on any atom is 0.135 e. The fraction of sp³-hybridized carbons (Fsp3) is 0.0164. The van der Waals surface area contributed by atoms with Crippen molar-refractivity contribution in [3.63, 3.8) is 0 Å². The van der Waals surface area contributed by atoms with Gasteiger partial charge in [-0.15, -0.1) is 0 Å². The lowest BCUT2D eigenvalue weighted by atomic mass is 9.98. The molecule has 9 aromatic carbocycles. The van der Waals surface area contributed by atoms with Gasteiger partial charge in [-0.2, -0.15) is 0 Å². The van der Waals surface area contributed by atoms with Gasteiger partial charge in [-0.3, -0.25) is 0 Å². The molecular formula is C61H39N3O. The van der Waals surface area contributed by atoms with Crippen molar-refractivity contribution in [3.05, 3.63) is 230 Å². The Morgan fingerprint density at radius 1 is 0.323 bits per heavy atom. The predicted molar refractivity (Wildman–Crippen MR) is 272 cm³/mol. The SMILES string of the molecule is C1=CCc2c(n(-c3cc(-c4ccc(-c5ccc6oc7ccc(-n8c9ccccc9c9ccccc98)cc7c6c5)cc4)cc(-n4c5ccccc5c5ccccc54)c3)c3ccccc23)C=C1. The van der Waals surface area contributed by atoms with Crippen LogP contribution in [0.3, 0.4) is 0 Å². The molecule has 4 heteroatoms. The smallest absolute Gasteiger partial charge is 0.135 e. The van der Waals surface area contributed by atoms with E-state index in [1.54, 1.807) is 0 Å². The minimum Gasteiger partial charge on any atom is -0.456 e. The third-order valence-electron chi connectivity index (χ3n) is 13.7. The minimum absolute atomic E-state index is 0.884. The van der Waals surface area contributed by atoms with Crippen LogP contribution in [0.2, 0.25) is 0 Å². The van der Waals surface area contributed by atoms with E-state index in [2.05, 4.69) is 238 Å². The Morgan fingerprint density at radius 3 is 1.38 bits per heavy atom. The summed E-state index contributed by atoms with van der Waals surface area (Å²) >= 11 is 0. The average Bonchev–Trinajstić information content (AvgIpc) is 4.04. The molecule has 0 amide bonds. The Morgan fingerprint density at radius 2 is 0.785 bits per heavy atom. The molecule has 0 aliphatic heterocycles. The summed E-state index contributed by atoms with van der Waals surface area (Å²) in [6.07, 6.45) is 9.76. The Bertz CT molecular complexity index is 4040. The summed E-state index contributed by atoms with van der Waals surface area (Å²) in [6.45, 7) is 0. The molecule has 4 nitrogen and oxygen atoms in total. The van der Waals surface area contributed by atoms with Crippen LogP contribution in [0, 0.1) is 0 Å². The highest BCUT2D eigenvalue weighted by Gasteiger charge is 2.20. The number of furan rings is 1. The molecule has 0 saturated heterocycles. The summed E-state index contributed by atoms with van der Waals surface area (Å²) in [5.41, 5.74) is 18.3. The van der Waals surface area contributed by atoms with E-state index in [4.69, 9.17) is 4.42 Å². The Kier molecular flexibility index (Phi) is 7.71. The summed E-state index contributed by atoms with van der Waals surface area (Å²) < 4.78 is 13.7. The molecule has 0 fully saturated rings. The second kappa shape index (κ2) is 14.0. The Hall–Kier alpha value is -8.60. The van der Waals surface area contributed by atoms with Gasteiger partial charge in [0.1, 0.15) is 11.2 Å². The Labute approximate surface area is 374 Å². The highest BCUT2D eigenvalue weighted by molar-refractivity contribution is 6.12. The van der Waals surface area contributed by atoms with Crippen molar-refractivity contribution in [1.29, 1.82) is 0 Å². The summed E-state index contributed by atoms with van der Waals surface area (Å²) in [5, 5.41) is 8.50. The van der Waals surface area contributed by atoms with Crippen LogP contribution in [-0.4, -0.2) is 13.7 Å². The standard InChI is InChI=1S/C61H39N3O/c1-2-14-46-49-17-6-11-23-57(49)63(56(46)20-3-1)44-34-42(35-45(37-44)64-58-24-12-7-18-50(58)51-19-8-13-25-59(51)64)40-28-26-39(27-29-40)41-30-32-60-52(36-41)53-38-43(31-33-61(53)65-60)62-54-21-9-4-15-47(54)48-16-5-10-22-55(48)62/h1-13,15-38H,14H2. The first-order valence-electron chi connectivity index (χ1n) is 22.4. The van der Waals surface area contributed by atoms with Crippen molar-refractivity contribution in [3.8, 4) is 39.3 Å². The van der Waals surface area contributed by atoms with Crippen LogP contribution in [0.1, 0.15) is 11.3 Å². The van der Waals surface area contributed by atoms with Crippen molar-refractivity contribution in [2.75, 3.05) is 0 Å². The second-order valence-electron chi connectivity index (χ2n) is 17.3. The quantitative estimate of drug-likeness (QED) is 0.170. The van der Waals surface area contributed by atoms with E-state index >= 15 is 0 Å². The number of para-hydroxylation sites is 5. The van der Waals surface area contributed by atoms with Gasteiger partial charge >= 0.3 is 0 Å². The minimum atomic E-state index is 0.884. The van der Waals surface area contributed by atoms with Crippen molar-refractivity contribution >= 4 is 82.5 Å². The second-order valence-corrected chi connectivity index (χ2v) is 17.3. The fourth-order valence-electron chi connectivity index (χ4n) is 10.8. The molecule has 4 aromatic heterocycles. The summed E-state index contributed by atoms with van der Waals surface area (Å²) in [4.78, 5) is 0. The van der Waals surface area contributed by atoms with E-state index in [1.807, 2.05) is 0 Å². The largest absolute Gasteiger partial charge is 0.456 e. The van der Waals surface area contributed by atoms with E-state index in [9.17, 15) is 0 Å². The van der Waals surface area contributed by atoms with Crippen molar-refractivity contribution in [1.82, 2.24) is 13.7 Å². The summed E-state index contributed by atoms with van der Waals surface area (Å²) in [6, 6.07) is 73.0. The zero-order valence-corrected chi connectivity index (χ0v) is 35.3. The van der Waals surface area contributed by atoms with E-state index in [0.29, 0.717) is 0 Å². The highest BCUT2D eigenvalue weighted by Crippen LogP contribution is 2.40. The number of hydrogen-bond donors (Lipinski definition) is 0. The van der Waals surface area contributed by atoms with Gasteiger partial charge in [0.2, 0.25) is 0 Å². The third-order valence-corrected chi connectivity index (χ3v) is 13.7. The number of nitrogens with zero attached hydrogens (tertiary/aromatic N) is 3. The lowest BCUT2D eigenvalue weighted by Crippen LogP contribution is -2.02. The molecule has 65 heavy (non-hydrogen) atoms. The zero-order valence-electron chi connectivity index (χ0n) is 35.3. The number of allylic oxidation sites excluding steroid dienone is 3. The molecule has 0 radical (unpaired) electrons. The van der Waals surface area contributed by atoms with Crippen LogP contribution < -0.4 is 0 Å². The van der Waals surface area contributed by atoms with Crippen LogP contribution in [0.15, 0.2) is 223 Å². The van der Waals surface area contributed by atoms with Crippen molar-refractivity contribution in [2.45, 2.75) is 6.42 Å². The predicted octanol–water partition coefficient (Wildman–Crippen LogP) is 16.2. The van der Waals surface area contributed by atoms with E-state index in [1.165, 1.54) is 65.8 Å². The molecule has 304 valence electrons. The molecule has 0 atom stereocenters. The first kappa shape index (κ1) is 35.9. The normalized spacial score (nSPS) is 12.7. The fourth-order valence-corrected chi connectivity index (χ4v) is 10.8. The van der Waals surface area contributed by atoms with Gasteiger partial charge < -0.3 is 18.1 Å². The molecule has 1 aliphatic carbocycles. The van der Waals surface area contributed by atoms with Crippen LogP contribution >= 0.6 is 0 Å². The van der Waals surface area contributed by atoms with E-state index in [-0.39, 0.29) is 0 Å². The molecule has 1 aliphatic rings. The molecule has 13 aromatic rings. The van der Waals surface area contributed by atoms with Gasteiger partial charge in [0.05, 0.1) is 33.3 Å². The van der Waals surface area contributed by atoms with Gasteiger partial charge in [-0.1, -0.05) is 140 Å². The molecular weight excluding hydrogens is 791 g/mol. The monoisotopic (exact) mass is 829 g/mol. The number of rotatable bonds is 5. The van der Waals surface area contributed by atoms with Crippen LogP contribution in [-0.2, 0) is 6.42 Å². The molecule has 0 unspecified atom stereocenters. The van der Waals surface area contributed by atoms with Crippen LogP contribution in [0.4, 0.5) is 0 Å². The van der Waals surface area contributed by atoms with E-state index in [0.717, 1.165) is 67.7 Å². The number of hydrogen-bond acceptors (Lipinski definition) is 1. The van der Waals surface area contributed by atoms with Gasteiger partial charge in [0.15, 0.2) is 0 Å². The van der Waals surface area contributed by atoms with Crippen molar-refractivity contribution < 1.29 is 4.42 Å². The molecule has 4 heterocycles. The summed E-state index contributed by atoms with van der Waals surface area (Å²) in [7, 11) is 0. The zero-order chi connectivity index (χ0) is 42.6. The molecule has 0 bridgehead atoms. The lowest BCUT2D eigenvalue weighted by Gasteiger charge is -2.17. The number of fused-ring (bicyclic) bond motifs is 12. The maximum atomic E-state index is 6.45. The average molecular weight is 830 g/mol. The number of benzene rings is 9. The lowest BCUT2D eigenvalue weighted by molar-refractivity contribution is 0.669. The van der Waals surface area contributed by atoms with Crippen LogP contribution in [0.5, 0.6) is 0 Å². The van der Waals surface area contributed by atoms with Gasteiger partial charge in [0.25, 0.3) is 0 Å². The maximum absolute atomic E-state index is 6.45. The number of aromatic nitrogens is 3.